The molecule has 1 N–H and O–H groups in total. The second-order valence-electron chi connectivity index (χ2n) is 4.72. The van der Waals surface area contributed by atoms with E-state index in [1.807, 2.05) is 38.0 Å². The van der Waals surface area contributed by atoms with Gasteiger partial charge in [0.05, 0.1) is 16.4 Å². The molecule has 2 aromatic rings. The Kier molecular flexibility index (Phi) is 4.56. The van der Waals surface area contributed by atoms with Gasteiger partial charge in [-0.2, -0.15) is 5.10 Å². The number of pyridine rings is 1. The van der Waals surface area contributed by atoms with E-state index in [-0.39, 0.29) is 0 Å². The van der Waals surface area contributed by atoms with Crippen LogP contribution in [0.2, 0.25) is 5.02 Å². The first-order chi connectivity index (χ1) is 9.11. The van der Waals surface area contributed by atoms with Crippen LogP contribution in [0.3, 0.4) is 0 Å². The summed E-state index contributed by atoms with van der Waals surface area (Å²) in [6.45, 7) is 1.93. The van der Waals surface area contributed by atoms with Gasteiger partial charge in [-0.15, -0.1) is 0 Å². The van der Waals surface area contributed by atoms with E-state index in [0.717, 1.165) is 29.3 Å². The quantitative estimate of drug-likeness (QED) is 0.911. The van der Waals surface area contributed by atoms with E-state index < -0.39 is 0 Å². The lowest BCUT2D eigenvalue weighted by Gasteiger charge is -2.16. The number of nitrogens with zero attached hydrogens (tertiary/aromatic N) is 3. The molecule has 4 nitrogen and oxygen atoms in total. The average Bonchev–Trinajstić information content (AvgIpc) is 2.65. The number of aryl methyl sites for hydroxylation is 2. The third kappa shape index (κ3) is 3.33. The fourth-order valence-electron chi connectivity index (χ4n) is 2.21. The van der Waals surface area contributed by atoms with E-state index in [1.165, 1.54) is 5.56 Å². The Morgan fingerprint density at radius 2 is 2.21 bits per heavy atom. The number of hydrogen-bond donors (Lipinski definition) is 1. The molecule has 0 aromatic carbocycles. The summed E-state index contributed by atoms with van der Waals surface area (Å²) >= 11 is 6.29. The highest BCUT2D eigenvalue weighted by Crippen LogP contribution is 2.21. The molecule has 1 atom stereocenters. The third-order valence-corrected chi connectivity index (χ3v) is 3.81. The summed E-state index contributed by atoms with van der Waals surface area (Å²) in [6, 6.07) is 4.37. The molecule has 0 aliphatic rings. The molecule has 0 spiro atoms. The molecule has 0 radical (unpaired) electrons. The molecular formula is C14H19ClN4. The van der Waals surface area contributed by atoms with E-state index in [2.05, 4.69) is 21.5 Å². The fourth-order valence-corrected chi connectivity index (χ4v) is 2.45. The predicted molar refractivity (Wildman–Crippen MR) is 77.4 cm³/mol. The van der Waals surface area contributed by atoms with Gasteiger partial charge in [0.15, 0.2) is 0 Å². The van der Waals surface area contributed by atoms with E-state index in [1.54, 1.807) is 6.20 Å². The van der Waals surface area contributed by atoms with Gasteiger partial charge in [-0.25, -0.2) is 0 Å². The minimum Gasteiger partial charge on any atom is -0.316 e. The molecule has 0 bridgehead atoms. The van der Waals surface area contributed by atoms with Crippen molar-refractivity contribution in [3.63, 3.8) is 0 Å². The van der Waals surface area contributed by atoms with Crippen molar-refractivity contribution in [2.45, 2.75) is 25.8 Å². The zero-order valence-electron chi connectivity index (χ0n) is 11.5. The lowest BCUT2D eigenvalue weighted by atomic mass is 10.0. The molecule has 0 saturated carbocycles. The van der Waals surface area contributed by atoms with Crippen molar-refractivity contribution in [1.29, 1.82) is 0 Å². The van der Waals surface area contributed by atoms with Crippen LogP contribution >= 0.6 is 11.6 Å². The van der Waals surface area contributed by atoms with E-state index in [4.69, 9.17) is 11.6 Å². The van der Waals surface area contributed by atoms with Gasteiger partial charge < -0.3 is 5.32 Å². The topological polar surface area (TPSA) is 42.7 Å². The van der Waals surface area contributed by atoms with Gasteiger partial charge in [-0.3, -0.25) is 9.67 Å². The first-order valence-electron chi connectivity index (χ1n) is 6.36. The third-order valence-electron chi connectivity index (χ3n) is 3.31. The van der Waals surface area contributed by atoms with Crippen LogP contribution < -0.4 is 5.32 Å². The number of rotatable bonds is 5. The van der Waals surface area contributed by atoms with Gasteiger partial charge in [-0.1, -0.05) is 17.7 Å². The zero-order chi connectivity index (χ0) is 13.8. The van der Waals surface area contributed by atoms with Crippen molar-refractivity contribution >= 4 is 11.6 Å². The number of hydrogen-bond acceptors (Lipinski definition) is 3. The Labute approximate surface area is 118 Å². The predicted octanol–water partition coefficient (Wildman–Crippen LogP) is 2.15. The van der Waals surface area contributed by atoms with Gasteiger partial charge in [0, 0.05) is 31.9 Å². The van der Waals surface area contributed by atoms with Gasteiger partial charge in [0.1, 0.15) is 0 Å². The van der Waals surface area contributed by atoms with Crippen molar-refractivity contribution in [3.8, 4) is 0 Å². The van der Waals surface area contributed by atoms with Gasteiger partial charge in [0.25, 0.3) is 0 Å². The van der Waals surface area contributed by atoms with Crippen LogP contribution in [-0.4, -0.2) is 27.9 Å². The first kappa shape index (κ1) is 14.0. The summed E-state index contributed by atoms with van der Waals surface area (Å²) in [5.41, 5.74) is 3.18. The molecule has 0 saturated heterocycles. The molecule has 102 valence electrons. The molecule has 2 aromatic heterocycles. The Morgan fingerprint density at radius 3 is 2.74 bits per heavy atom. The van der Waals surface area contributed by atoms with Gasteiger partial charge >= 0.3 is 0 Å². The van der Waals surface area contributed by atoms with Crippen LogP contribution in [0.25, 0.3) is 0 Å². The summed E-state index contributed by atoms with van der Waals surface area (Å²) in [7, 11) is 3.91. The Bertz CT molecular complexity index is 536. The molecule has 0 aliphatic heterocycles. The standard InChI is InChI=1S/C14H19ClN4/c1-10-14(15)13(19(3)18-10)8-12(16-2)7-11-5-4-6-17-9-11/h4-6,9,12,16H,7-8H2,1-3H3. The summed E-state index contributed by atoms with van der Waals surface area (Å²) in [5, 5.41) is 8.46. The smallest absolute Gasteiger partial charge is 0.0847 e. The lowest BCUT2D eigenvalue weighted by molar-refractivity contribution is 0.533. The number of nitrogens with one attached hydrogen (secondary N) is 1. The SMILES string of the molecule is CNC(Cc1cccnc1)Cc1c(Cl)c(C)nn1C. The average molecular weight is 279 g/mol. The molecule has 5 heteroatoms. The number of aromatic nitrogens is 3. The maximum atomic E-state index is 6.29. The maximum Gasteiger partial charge on any atom is 0.0847 e. The zero-order valence-corrected chi connectivity index (χ0v) is 12.3. The minimum absolute atomic E-state index is 0.316. The molecule has 0 aliphatic carbocycles. The summed E-state index contributed by atoms with van der Waals surface area (Å²) < 4.78 is 1.87. The monoisotopic (exact) mass is 278 g/mol. The van der Waals surface area contributed by atoms with E-state index >= 15 is 0 Å². The Morgan fingerprint density at radius 1 is 1.42 bits per heavy atom. The number of likely N-dealkylation sites (N-methyl/N-ethyl adjacent to an activating group) is 1. The van der Waals surface area contributed by atoms with E-state index in [0.29, 0.717) is 6.04 Å². The summed E-state index contributed by atoms with van der Waals surface area (Å²) in [6.07, 6.45) is 5.46. The first-order valence-corrected chi connectivity index (χ1v) is 6.73. The van der Waals surface area contributed by atoms with Crippen molar-refractivity contribution in [2.24, 2.45) is 7.05 Å². The highest BCUT2D eigenvalue weighted by Gasteiger charge is 2.16. The lowest BCUT2D eigenvalue weighted by Crippen LogP contribution is -2.30. The van der Waals surface area contributed by atoms with Crippen LogP contribution in [0.15, 0.2) is 24.5 Å². The van der Waals surface area contributed by atoms with Crippen LogP contribution in [0.1, 0.15) is 17.0 Å². The van der Waals surface area contributed by atoms with Crippen LogP contribution in [0, 0.1) is 6.92 Å². The molecular weight excluding hydrogens is 260 g/mol. The highest BCUT2D eigenvalue weighted by molar-refractivity contribution is 6.31. The molecule has 0 amide bonds. The number of halogens is 1. The Balaban J connectivity index is 2.11. The largest absolute Gasteiger partial charge is 0.316 e. The molecule has 2 rings (SSSR count). The van der Waals surface area contributed by atoms with Gasteiger partial charge in [0.2, 0.25) is 0 Å². The second kappa shape index (κ2) is 6.17. The van der Waals surface area contributed by atoms with Crippen LogP contribution in [-0.2, 0) is 19.9 Å². The molecule has 0 fully saturated rings. The summed E-state index contributed by atoms with van der Waals surface area (Å²) in [5.74, 6) is 0. The minimum atomic E-state index is 0.316. The molecule has 19 heavy (non-hydrogen) atoms. The fraction of sp³-hybridized carbons (Fsp3) is 0.429. The molecule has 1 unspecified atom stereocenters. The maximum absolute atomic E-state index is 6.29. The van der Waals surface area contributed by atoms with Gasteiger partial charge in [-0.05, 0) is 32.0 Å². The van der Waals surface area contributed by atoms with Crippen molar-refractivity contribution < 1.29 is 0 Å². The highest BCUT2D eigenvalue weighted by atomic mass is 35.5. The molecule has 2 heterocycles. The van der Waals surface area contributed by atoms with Crippen molar-refractivity contribution in [2.75, 3.05) is 7.05 Å². The van der Waals surface area contributed by atoms with Crippen LogP contribution in [0.5, 0.6) is 0 Å². The van der Waals surface area contributed by atoms with Crippen molar-refractivity contribution in [1.82, 2.24) is 20.1 Å². The Hall–Kier alpha value is -1.39. The van der Waals surface area contributed by atoms with Crippen molar-refractivity contribution in [3.05, 3.63) is 46.5 Å². The normalized spacial score (nSPS) is 12.6. The second-order valence-corrected chi connectivity index (χ2v) is 5.10. The van der Waals surface area contributed by atoms with E-state index in [9.17, 15) is 0 Å². The summed E-state index contributed by atoms with van der Waals surface area (Å²) in [4.78, 5) is 4.15. The van der Waals surface area contributed by atoms with Crippen LogP contribution in [0.4, 0.5) is 0 Å².